The van der Waals surface area contributed by atoms with Gasteiger partial charge in [0.05, 0.1) is 0 Å². The fraction of sp³-hybridized carbons (Fsp3) is 0.538. The van der Waals surface area contributed by atoms with E-state index in [1.165, 1.54) is 18.9 Å². The molecule has 0 nitrogen and oxygen atoms in total. The zero-order valence-electron chi connectivity index (χ0n) is 9.89. The van der Waals surface area contributed by atoms with E-state index in [0.717, 1.165) is 11.9 Å². The van der Waals surface area contributed by atoms with Gasteiger partial charge in [0.15, 0.2) is 0 Å². The molecule has 2 heteroatoms. The summed E-state index contributed by atoms with van der Waals surface area (Å²) in [6.45, 7) is 6.31. The molecule has 1 rings (SSSR count). The molecule has 0 atom stereocenters. The average molecular weight is 205 g/mol. The lowest BCUT2D eigenvalue weighted by molar-refractivity contribution is 0.579. The van der Waals surface area contributed by atoms with E-state index >= 15 is 0 Å². The van der Waals surface area contributed by atoms with Crippen molar-refractivity contribution < 1.29 is 4.39 Å². The van der Waals surface area contributed by atoms with Crippen LogP contribution in [0.4, 0.5) is 4.39 Å². The van der Waals surface area contributed by atoms with Gasteiger partial charge in [-0.25, -0.2) is 4.39 Å². The molecule has 81 valence electrons. The smallest absolute Gasteiger partial charge is 0.126 e. The van der Waals surface area contributed by atoms with Crippen molar-refractivity contribution in [2.75, 3.05) is 0 Å². The minimum Gasteiger partial charge on any atom is -0.207 e. The average Bonchev–Trinajstić information content (AvgIpc) is 2.18. The fourth-order valence-electron chi connectivity index (χ4n) is 1.76. The third kappa shape index (κ3) is 3.37. The summed E-state index contributed by atoms with van der Waals surface area (Å²) in [4.78, 5) is 0. The lowest BCUT2D eigenvalue weighted by atomic mass is 9.49. The van der Waals surface area contributed by atoms with Crippen LogP contribution in [0.1, 0.15) is 39.2 Å². The highest BCUT2D eigenvalue weighted by Gasteiger charge is 2.23. The van der Waals surface area contributed by atoms with E-state index in [9.17, 15) is 4.39 Å². The Bertz CT molecular complexity index is 307. The Morgan fingerprint density at radius 3 is 2.53 bits per heavy atom. The van der Waals surface area contributed by atoms with Crippen molar-refractivity contribution in [1.82, 2.24) is 0 Å². The lowest BCUT2D eigenvalue weighted by Gasteiger charge is -2.25. The van der Waals surface area contributed by atoms with Gasteiger partial charge in [-0.15, -0.1) is 0 Å². The molecule has 0 N–H and O–H groups in total. The molecule has 0 saturated heterocycles. The molecule has 0 aliphatic carbocycles. The highest BCUT2D eigenvalue weighted by atomic mass is 19.1. The molecule has 0 unspecified atom stereocenters. The molecular formula is C13H19BF. The summed E-state index contributed by atoms with van der Waals surface area (Å²) >= 11 is 0. The number of hydrogen-bond acceptors (Lipinski definition) is 0. The minimum absolute atomic E-state index is 0.102. The van der Waals surface area contributed by atoms with Gasteiger partial charge in [0.1, 0.15) is 13.1 Å². The molecule has 0 heterocycles. The van der Waals surface area contributed by atoms with E-state index in [1.807, 2.05) is 12.1 Å². The summed E-state index contributed by atoms with van der Waals surface area (Å²) in [7, 11) is 2.22. The van der Waals surface area contributed by atoms with Crippen LogP contribution in [0.3, 0.4) is 0 Å². The van der Waals surface area contributed by atoms with E-state index in [0.29, 0.717) is 0 Å². The molecule has 0 aliphatic heterocycles. The van der Waals surface area contributed by atoms with Gasteiger partial charge in [-0.1, -0.05) is 58.1 Å². The normalized spacial score (nSPS) is 11.5. The third-order valence-corrected chi connectivity index (χ3v) is 2.78. The monoisotopic (exact) mass is 205 g/mol. The van der Waals surface area contributed by atoms with Gasteiger partial charge in [-0.2, -0.15) is 0 Å². The van der Waals surface area contributed by atoms with Crippen molar-refractivity contribution in [3.8, 4) is 0 Å². The maximum absolute atomic E-state index is 13.6. The van der Waals surface area contributed by atoms with E-state index in [2.05, 4.69) is 28.1 Å². The first-order valence-electron chi connectivity index (χ1n) is 5.67. The predicted octanol–water partition coefficient (Wildman–Crippen LogP) is 3.98. The van der Waals surface area contributed by atoms with Crippen LogP contribution in [0.2, 0.25) is 6.32 Å². The molecule has 0 amide bonds. The van der Waals surface area contributed by atoms with E-state index in [4.69, 9.17) is 0 Å². The summed E-state index contributed by atoms with van der Waals surface area (Å²) in [5.41, 5.74) is 0.793. The van der Waals surface area contributed by atoms with Gasteiger partial charge in [0.25, 0.3) is 0 Å². The summed E-state index contributed by atoms with van der Waals surface area (Å²) in [6, 6.07) is 7.04. The standard InChI is InChI=1S/C13H19BF/c1-4-5-10-14-13(2,3)11-8-6-7-9-12(11)15/h6-9H,4-5,10H2,1-3H3. The van der Waals surface area contributed by atoms with Gasteiger partial charge < -0.3 is 0 Å². The molecule has 0 fully saturated rings. The molecule has 1 radical (unpaired) electrons. The maximum atomic E-state index is 13.6. The Kier molecular flexibility index (Phi) is 4.37. The number of unbranched alkanes of at least 4 members (excludes halogenated alkanes) is 1. The Morgan fingerprint density at radius 2 is 1.93 bits per heavy atom. The van der Waals surface area contributed by atoms with Crippen LogP contribution in [0.15, 0.2) is 24.3 Å². The molecule has 15 heavy (non-hydrogen) atoms. The summed E-state index contributed by atoms with van der Waals surface area (Å²) in [5, 5.41) is -0.166. The molecule has 0 bridgehead atoms. The molecule has 1 aromatic carbocycles. The summed E-state index contributed by atoms with van der Waals surface area (Å²) in [5.74, 6) is -0.102. The van der Waals surface area contributed by atoms with Crippen LogP contribution < -0.4 is 0 Å². The quantitative estimate of drug-likeness (QED) is 0.503. The van der Waals surface area contributed by atoms with Crippen molar-refractivity contribution in [2.45, 2.75) is 45.2 Å². The Balaban J connectivity index is 2.72. The number of hydrogen-bond donors (Lipinski definition) is 0. The highest BCUT2D eigenvalue weighted by Crippen LogP contribution is 2.25. The van der Waals surface area contributed by atoms with Crippen LogP contribution >= 0.6 is 0 Å². The second-order valence-corrected chi connectivity index (χ2v) is 4.55. The lowest BCUT2D eigenvalue weighted by Crippen LogP contribution is -2.26. The molecule has 0 aromatic heterocycles. The largest absolute Gasteiger partial charge is 0.207 e. The second kappa shape index (κ2) is 5.34. The van der Waals surface area contributed by atoms with Crippen LogP contribution in [0.5, 0.6) is 0 Å². The predicted molar refractivity (Wildman–Crippen MR) is 64.9 cm³/mol. The Morgan fingerprint density at radius 1 is 1.27 bits per heavy atom. The zero-order valence-corrected chi connectivity index (χ0v) is 9.89. The van der Waals surface area contributed by atoms with E-state index in [1.54, 1.807) is 6.07 Å². The Labute approximate surface area is 93.1 Å². The third-order valence-electron chi connectivity index (χ3n) is 2.78. The van der Waals surface area contributed by atoms with Crippen LogP contribution in [0, 0.1) is 5.82 Å². The van der Waals surface area contributed by atoms with Gasteiger partial charge >= 0.3 is 0 Å². The molecule has 0 aliphatic rings. The fourth-order valence-corrected chi connectivity index (χ4v) is 1.76. The van der Waals surface area contributed by atoms with Gasteiger partial charge in [-0.3, -0.25) is 0 Å². The number of halogens is 1. The van der Waals surface area contributed by atoms with Crippen LogP contribution in [-0.4, -0.2) is 7.28 Å². The SMILES string of the molecule is CCCC[B]C(C)(C)c1ccccc1F. The summed E-state index contributed by atoms with van der Waals surface area (Å²) in [6.07, 6.45) is 3.42. The first-order valence-corrected chi connectivity index (χ1v) is 5.67. The molecule has 0 spiro atoms. The zero-order chi connectivity index (χ0) is 11.3. The van der Waals surface area contributed by atoms with Gasteiger partial charge in [-0.05, 0) is 16.9 Å². The van der Waals surface area contributed by atoms with Crippen LogP contribution in [-0.2, 0) is 5.31 Å². The summed E-state index contributed by atoms with van der Waals surface area (Å²) < 4.78 is 13.6. The first-order chi connectivity index (χ1) is 7.08. The van der Waals surface area contributed by atoms with E-state index in [-0.39, 0.29) is 11.1 Å². The first kappa shape index (κ1) is 12.3. The van der Waals surface area contributed by atoms with Crippen LogP contribution in [0.25, 0.3) is 0 Å². The van der Waals surface area contributed by atoms with Crippen molar-refractivity contribution in [3.63, 3.8) is 0 Å². The van der Waals surface area contributed by atoms with Gasteiger partial charge in [0, 0.05) is 0 Å². The van der Waals surface area contributed by atoms with E-state index < -0.39 is 0 Å². The minimum atomic E-state index is -0.166. The van der Waals surface area contributed by atoms with Gasteiger partial charge in [0.2, 0.25) is 0 Å². The topological polar surface area (TPSA) is 0 Å². The van der Waals surface area contributed by atoms with Crippen molar-refractivity contribution in [3.05, 3.63) is 35.6 Å². The molecule has 1 aromatic rings. The molecular weight excluding hydrogens is 186 g/mol. The molecule has 0 saturated carbocycles. The Hall–Kier alpha value is -0.785. The number of rotatable bonds is 5. The maximum Gasteiger partial charge on any atom is 0.126 e. The van der Waals surface area contributed by atoms with Crippen molar-refractivity contribution >= 4 is 7.28 Å². The highest BCUT2D eigenvalue weighted by molar-refractivity contribution is 6.39. The second-order valence-electron chi connectivity index (χ2n) is 4.55. The number of benzene rings is 1. The van der Waals surface area contributed by atoms with Crippen molar-refractivity contribution in [1.29, 1.82) is 0 Å². The van der Waals surface area contributed by atoms with Crippen molar-refractivity contribution in [2.24, 2.45) is 0 Å².